The summed E-state index contributed by atoms with van der Waals surface area (Å²) in [5.74, 6) is 0.0213. The number of nitrogens with zero attached hydrogens (tertiary/aromatic N) is 1. The number of hydrogen-bond donors (Lipinski definition) is 1. The average Bonchev–Trinajstić information content (AvgIpc) is 2.26. The number of ether oxygens (including phenoxy) is 1. The van der Waals surface area contributed by atoms with E-state index in [1.165, 1.54) is 12.1 Å². The van der Waals surface area contributed by atoms with Crippen molar-refractivity contribution in [1.82, 2.24) is 0 Å². The molecule has 0 spiro atoms. The monoisotopic (exact) mass is 351 g/mol. The van der Waals surface area contributed by atoms with E-state index in [-0.39, 0.29) is 29.0 Å². The summed E-state index contributed by atoms with van der Waals surface area (Å²) in [7, 11) is 0. The van der Waals surface area contributed by atoms with Gasteiger partial charge in [-0.1, -0.05) is 25.4 Å². The predicted octanol–water partition coefficient (Wildman–Crippen LogP) is 3.80. The highest BCUT2D eigenvalue weighted by Gasteiger charge is 2.28. The van der Waals surface area contributed by atoms with Crippen LogP contribution in [0.1, 0.15) is 20.8 Å². The quantitative estimate of drug-likeness (QED) is 0.646. The topological polar surface area (TPSA) is 72.6 Å². The lowest BCUT2D eigenvalue weighted by molar-refractivity contribution is -0.386. The summed E-state index contributed by atoms with van der Waals surface area (Å²) in [4.78, 5) is 10.4. The molecule has 7 heteroatoms. The first-order chi connectivity index (χ1) is 8.65. The van der Waals surface area contributed by atoms with Gasteiger partial charge in [0.2, 0.25) is 5.75 Å². The van der Waals surface area contributed by atoms with Crippen molar-refractivity contribution >= 4 is 33.2 Å². The Hall–Kier alpha value is -0.850. The fraction of sp³-hybridized carbons (Fsp3) is 0.500. The summed E-state index contributed by atoms with van der Waals surface area (Å²) < 4.78 is 5.79. The Morgan fingerprint density at radius 3 is 2.63 bits per heavy atom. The van der Waals surface area contributed by atoms with E-state index >= 15 is 0 Å². The highest BCUT2D eigenvalue weighted by atomic mass is 79.9. The Morgan fingerprint density at radius 1 is 1.58 bits per heavy atom. The van der Waals surface area contributed by atoms with Gasteiger partial charge in [0.15, 0.2) is 0 Å². The third kappa shape index (κ3) is 4.06. The Kier molecular flexibility index (Phi) is 5.18. The number of aliphatic hydroxyl groups is 1. The van der Waals surface area contributed by atoms with Crippen molar-refractivity contribution in [2.24, 2.45) is 5.92 Å². The minimum Gasteiger partial charge on any atom is -0.483 e. The zero-order valence-electron chi connectivity index (χ0n) is 10.8. The van der Waals surface area contributed by atoms with Crippen LogP contribution < -0.4 is 4.74 Å². The van der Waals surface area contributed by atoms with E-state index in [9.17, 15) is 15.2 Å². The number of nitro groups is 1. The molecule has 1 atom stereocenters. The number of halogens is 2. The molecule has 1 aromatic carbocycles. The van der Waals surface area contributed by atoms with E-state index in [0.29, 0.717) is 4.47 Å². The fourth-order valence-corrected chi connectivity index (χ4v) is 2.12. The Morgan fingerprint density at radius 2 is 2.16 bits per heavy atom. The normalized spacial score (nSPS) is 14.3. The van der Waals surface area contributed by atoms with Crippen LogP contribution in [0.2, 0.25) is 5.02 Å². The molecule has 0 aliphatic rings. The van der Waals surface area contributed by atoms with Gasteiger partial charge in [-0.15, -0.1) is 0 Å². The van der Waals surface area contributed by atoms with Gasteiger partial charge in [0, 0.05) is 11.1 Å². The summed E-state index contributed by atoms with van der Waals surface area (Å²) in [6, 6.07) is 2.72. The Balaban J connectivity index is 3.04. The average molecular weight is 353 g/mol. The van der Waals surface area contributed by atoms with Crippen molar-refractivity contribution in [2.45, 2.75) is 26.4 Å². The fourth-order valence-electron chi connectivity index (χ4n) is 1.21. The van der Waals surface area contributed by atoms with Gasteiger partial charge in [0.25, 0.3) is 0 Å². The largest absolute Gasteiger partial charge is 0.483 e. The van der Waals surface area contributed by atoms with E-state index in [1.807, 2.05) is 13.8 Å². The second-order valence-corrected chi connectivity index (χ2v) is 6.08. The number of hydrogen-bond acceptors (Lipinski definition) is 4. The number of benzene rings is 1. The summed E-state index contributed by atoms with van der Waals surface area (Å²) in [5, 5.41) is 21.3. The van der Waals surface area contributed by atoms with E-state index in [2.05, 4.69) is 15.9 Å². The zero-order chi connectivity index (χ0) is 14.8. The number of nitro benzene ring substituents is 1. The first kappa shape index (κ1) is 16.2. The van der Waals surface area contributed by atoms with Gasteiger partial charge in [-0.2, -0.15) is 0 Å². The second kappa shape index (κ2) is 6.07. The summed E-state index contributed by atoms with van der Waals surface area (Å²) in [5.41, 5.74) is -1.31. The highest BCUT2D eigenvalue weighted by molar-refractivity contribution is 9.10. The van der Waals surface area contributed by atoms with Crippen molar-refractivity contribution in [3.05, 3.63) is 31.7 Å². The van der Waals surface area contributed by atoms with Crippen molar-refractivity contribution in [3.8, 4) is 5.75 Å². The smallest absolute Gasteiger partial charge is 0.313 e. The summed E-state index contributed by atoms with van der Waals surface area (Å²) >= 11 is 8.94. The maximum Gasteiger partial charge on any atom is 0.313 e. The molecule has 5 nitrogen and oxygen atoms in total. The SMILES string of the molecule is CC(C)C(C)(O)COc1c(Br)cc(Cl)cc1[N+](=O)[O-]. The van der Waals surface area contributed by atoms with Gasteiger partial charge in [-0.3, -0.25) is 10.1 Å². The van der Waals surface area contributed by atoms with Gasteiger partial charge >= 0.3 is 5.69 Å². The van der Waals surface area contributed by atoms with Crippen LogP contribution in [0.3, 0.4) is 0 Å². The van der Waals surface area contributed by atoms with Crippen molar-refractivity contribution in [3.63, 3.8) is 0 Å². The predicted molar refractivity (Wildman–Crippen MR) is 76.8 cm³/mol. The van der Waals surface area contributed by atoms with Crippen LogP contribution in [0.25, 0.3) is 0 Å². The molecule has 0 aliphatic carbocycles. The molecule has 19 heavy (non-hydrogen) atoms. The van der Waals surface area contributed by atoms with Crippen LogP contribution in [-0.4, -0.2) is 22.2 Å². The van der Waals surface area contributed by atoms with Crippen LogP contribution in [0.4, 0.5) is 5.69 Å². The molecule has 0 radical (unpaired) electrons. The van der Waals surface area contributed by atoms with Crippen molar-refractivity contribution in [1.29, 1.82) is 0 Å². The zero-order valence-corrected chi connectivity index (χ0v) is 13.2. The van der Waals surface area contributed by atoms with Crippen LogP contribution in [-0.2, 0) is 0 Å². The van der Waals surface area contributed by atoms with Crippen LogP contribution in [0.15, 0.2) is 16.6 Å². The second-order valence-electron chi connectivity index (χ2n) is 4.79. The van der Waals surface area contributed by atoms with Gasteiger partial charge < -0.3 is 9.84 Å². The highest BCUT2D eigenvalue weighted by Crippen LogP contribution is 2.38. The molecule has 0 saturated heterocycles. The molecular formula is C12H15BrClNO4. The van der Waals surface area contributed by atoms with Crippen LogP contribution >= 0.6 is 27.5 Å². The van der Waals surface area contributed by atoms with Gasteiger partial charge in [-0.25, -0.2) is 0 Å². The molecular weight excluding hydrogens is 337 g/mol. The van der Waals surface area contributed by atoms with Gasteiger partial charge in [0.1, 0.15) is 6.61 Å². The van der Waals surface area contributed by atoms with E-state index in [4.69, 9.17) is 16.3 Å². The maximum atomic E-state index is 11.0. The standard InChI is InChI=1S/C12H15BrClNO4/c1-7(2)12(3,16)6-19-11-9(13)4-8(14)5-10(11)15(17)18/h4-5,7,16H,6H2,1-3H3. The molecule has 0 heterocycles. The first-order valence-corrected chi connectivity index (χ1v) is 6.81. The lowest BCUT2D eigenvalue weighted by Crippen LogP contribution is -2.38. The molecule has 0 aromatic heterocycles. The molecule has 0 amide bonds. The maximum absolute atomic E-state index is 11.0. The summed E-state index contributed by atoms with van der Waals surface area (Å²) in [6.07, 6.45) is 0. The van der Waals surface area contributed by atoms with E-state index in [0.717, 1.165) is 0 Å². The van der Waals surface area contributed by atoms with Gasteiger partial charge in [0.05, 0.1) is 15.0 Å². The molecule has 0 saturated carbocycles. The molecule has 1 unspecified atom stereocenters. The molecule has 0 bridgehead atoms. The Labute approximate surface area is 124 Å². The molecule has 0 aliphatic heterocycles. The molecule has 106 valence electrons. The lowest BCUT2D eigenvalue weighted by atomic mass is 9.94. The van der Waals surface area contributed by atoms with Gasteiger partial charge in [-0.05, 0) is 34.8 Å². The van der Waals surface area contributed by atoms with Crippen LogP contribution in [0.5, 0.6) is 5.75 Å². The van der Waals surface area contributed by atoms with E-state index in [1.54, 1.807) is 6.92 Å². The molecule has 1 rings (SSSR count). The lowest BCUT2D eigenvalue weighted by Gasteiger charge is -2.27. The van der Waals surface area contributed by atoms with E-state index < -0.39 is 10.5 Å². The minimum atomic E-state index is -1.08. The minimum absolute atomic E-state index is 0.0439. The van der Waals surface area contributed by atoms with Crippen molar-refractivity contribution < 1.29 is 14.8 Å². The van der Waals surface area contributed by atoms with Crippen molar-refractivity contribution in [2.75, 3.05) is 6.61 Å². The molecule has 0 fully saturated rings. The molecule has 1 N–H and O–H groups in total. The Bertz CT molecular complexity index is 491. The molecule has 1 aromatic rings. The van der Waals surface area contributed by atoms with Crippen LogP contribution in [0, 0.1) is 16.0 Å². The summed E-state index contributed by atoms with van der Waals surface area (Å²) in [6.45, 7) is 5.25. The third-order valence-corrected chi connectivity index (χ3v) is 3.75. The first-order valence-electron chi connectivity index (χ1n) is 5.63. The third-order valence-electron chi connectivity index (χ3n) is 2.94. The number of rotatable bonds is 5.